The van der Waals surface area contributed by atoms with Gasteiger partial charge in [-0.15, -0.1) is 0 Å². The van der Waals surface area contributed by atoms with Crippen LogP contribution in [0.15, 0.2) is 28.7 Å². The molecule has 1 aromatic carbocycles. The minimum Gasteiger partial charge on any atom is -0.396 e. The third kappa shape index (κ3) is 3.28. The van der Waals surface area contributed by atoms with Gasteiger partial charge in [-0.2, -0.15) is 0 Å². The highest BCUT2D eigenvalue weighted by atomic mass is 79.9. The van der Waals surface area contributed by atoms with Crippen molar-refractivity contribution in [1.29, 1.82) is 0 Å². The van der Waals surface area contributed by atoms with Gasteiger partial charge >= 0.3 is 0 Å². The first-order valence-corrected chi connectivity index (χ1v) is 6.54. The molecule has 1 fully saturated rings. The summed E-state index contributed by atoms with van der Waals surface area (Å²) in [7, 11) is 2.08. The number of rotatable bonds is 5. The van der Waals surface area contributed by atoms with Crippen molar-refractivity contribution in [2.45, 2.75) is 6.54 Å². The van der Waals surface area contributed by atoms with Crippen LogP contribution in [0.5, 0.6) is 0 Å². The molecule has 0 spiro atoms. The molecule has 0 saturated carbocycles. The smallest absolute Gasteiger partial charge is 0.0579 e. The largest absolute Gasteiger partial charge is 0.396 e. The van der Waals surface area contributed by atoms with Crippen LogP contribution in [0.3, 0.4) is 0 Å². The van der Waals surface area contributed by atoms with E-state index in [0.29, 0.717) is 13.2 Å². The number of aliphatic hydroxyl groups is 1. The highest BCUT2D eigenvalue weighted by Gasteiger charge is 2.38. The Morgan fingerprint density at radius 3 is 2.76 bits per heavy atom. The van der Waals surface area contributed by atoms with Gasteiger partial charge in [-0.25, -0.2) is 0 Å². The van der Waals surface area contributed by atoms with E-state index >= 15 is 0 Å². The van der Waals surface area contributed by atoms with Gasteiger partial charge in [-0.05, 0) is 24.7 Å². The fourth-order valence-electron chi connectivity index (χ4n) is 2.20. The third-order valence-corrected chi connectivity index (χ3v) is 3.59. The van der Waals surface area contributed by atoms with Crippen molar-refractivity contribution in [1.82, 2.24) is 4.90 Å². The average Bonchev–Trinajstić information content (AvgIpc) is 2.23. The summed E-state index contributed by atoms with van der Waals surface area (Å²) < 4.78 is 6.31. The molecule has 1 saturated heterocycles. The molecule has 0 aromatic heterocycles. The van der Waals surface area contributed by atoms with Crippen molar-refractivity contribution in [2.75, 3.05) is 33.4 Å². The zero-order valence-electron chi connectivity index (χ0n) is 10.0. The van der Waals surface area contributed by atoms with Crippen molar-refractivity contribution in [2.24, 2.45) is 5.41 Å². The van der Waals surface area contributed by atoms with Crippen LogP contribution in [0, 0.1) is 5.41 Å². The molecule has 17 heavy (non-hydrogen) atoms. The maximum Gasteiger partial charge on any atom is 0.0579 e. The Bertz CT molecular complexity index is 374. The minimum absolute atomic E-state index is 0.0409. The minimum atomic E-state index is -0.0409. The summed E-state index contributed by atoms with van der Waals surface area (Å²) in [6, 6.07) is 8.31. The van der Waals surface area contributed by atoms with Gasteiger partial charge in [0.2, 0.25) is 0 Å². The SMILES string of the molecule is CN(Cc1cccc(Br)c1)CC1(CO)COC1. The van der Waals surface area contributed by atoms with Crippen molar-refractivity contribution >= 4 is 15.9 Å². The lowest BCUT2D eigenvalue weighted by molar-refractivity contribution is -0.147. The Morgan fingerprint density at radius 1 is 1.47 bits per heavy atom. The Labute approximate surface area is 111 Å². The van der Waals surface area contributed by atoms with Gasteiger partial charge in [0.15, 0.2) is 0 Å². The number of benzene rings is 1. The monoisotopic (exact) mass is 299 g/mol. The van der Waals surface area contributed by atoms with Crippen molar-refractivity contribution in [3.05, 3.63) is 34.3 Å². The van der Waals surface area contributed by atoms with E-state index in [2.05, 4.69) is 40.0 Å². The van der Waals surface area contributed by atoms with E-state index in [1.165, 1.54) is 5.56 Å². The first-order chi connectivity index (χ1) is 8.13. The van der Waals surface area contributed by atoms with E-state index in [9.17, 15) is 5.11 Å². The van der Waals surface area contributed by atoms with Crippen LogP contribution in [0.2, 0.25) is 0 Å². The summed E-state index contributed by atoms with van der Waals surface area (Å²) in [6.45, 7) is 3.31. The predicted molar refractivity (Wildman–Crippen MR) is 70.8 cm³/mol. The molecule has 0 atom stereocenters. The second-order valence-corrected chi connectivity index (χ2v) is 5.87. The summed E-state index contributed by atoms with van der Waals surface area (Å²) in [4.78, 5) is 2.24. The number of ether oxygens (including phenoxy) is 1. The number of hydrogen-bond acceptors (Lipinski definition) is 3. The van der Waals surface area contributed by atoms with Gasteiger partial charge < -0.3 is 14.7 Å². The molecule has 1 heterocycles. The standard InChI is InChI=1S/C13H18BrNO2/c1-15(7-13(8-16)9-17-10-13)6-11-3-2-4-12(14)5-11/h2-5,16H,6-10H2,1H3. The molecule has 1 aromatic rings. The van der Waals surface area contributed by atoms with Gasteiger partial charge in [0.1, 0.15) is 0 Å². The topological polar surface area (TPSA) is 32.7 Å². The third-order valence-electron chi connectivity index (χ3n) is 3.10. The second-order valence-electron chi connectivity index (χ2n) is 4.95. The predicted octanol–water partition coefficient (Wildman–Crippen LogP) is 1.89. The zero-order valence-corrected chi connectivity index (χ0v) is 11.6. The molecule has 0 amide bonds. The first-order valence-electron chi connectivity index (χ1n) is 5.75. The van der Waals surface area contributed by atoms with Crippen LogP contribution in [0.25, 0.3) is 0 Å². The molecular weight excluding hydrogens is 282 g/mol. The van der Waals surface area contributed by atoms with Crippen molar-refractivity contribution in [3.8, 4) is 0 Å². The van der Waals surface area contributed by atoms with E-state index in [0.717, 1.165) is 17.6 Å². The summed E-state index contributed by atoms with van der Waals surface area (Å²) in [5.41, 5.74) is 1.23. The molecule has 0 unspecified atom stereocenters. The molecule has 2 rings (SSSR count). The Kier molecular flexibility index (Phi) is 4.20. The molecule has 1 N–H and O–H groups in total. The first kappa shape index (κ1) is 13.0. The zero-order chi connectivity index (χ0) is 12.3. The highest BCUT2D eigenvalue weighted by Crippen LogP contribution is 2.28. The van der Waals surface area contributed by atoms with Crippen LogP contribution in [0.1, 0.15) is 5.56 Å². The molecule has 1 aliphatic rings. The van der Waals surface area contributed by atoms with E-state index in [4.69, 9.17) is 4.74 Å². The van der Waals surface area contributed by atoms with Gasteiger partial charge in [0.05, 0.1) is 25.2 Å². The van der Waals surface area contributed by atoms with Gasteiger partial charge in [-0.1, -0.05) is 28.1 Å². The Morgan fingerprint density at radius 2 is 2.24 bits per heavy atom. The van der Waals surface area contributed by atoms with Gasteiger partial charge in [0, 0.05) is 17.6 Å². The average molecular weight is 300 g/mol. The summed E-state index contributed by atoms with van der Waals surface area (Å²) in [5, 5.41) is 9.38. The van der Waals surface area contributed by atoms with Gasteiger partial charge in [0.25, 0.3) is 0 Å². The number of aliphatic hydroxyl groups excluding tert-OH is 1. The summed E-state index contributed by atoms with van der Waals surface area (Å²) in [5.74, 6) is 0. The van der Waals surface area contributed by atoms with E-state index in [1.807, 2.05) is 12.1 Å². The number of nitrogens with zero attached hydrogens (tertiary/aromatic N) is 1. The maximum atomic E-state index is 9.38. The lowest BCUT2D eigenvalue weighted by atomic mass is 9.86. The lowest BCUT2D eigenvalue weighted by Gasteiger charge is -2.42. The second kappa shape index (κ2) is 5.48. The fraction of sp³-hybridized carbons (Fsp3) is 0.538. The molecule has 4 heteroatoms. The molecule has 0 radical (unpaired) electrons. The molecule has 0 aliphatic carbocycles. The summed E-state index contributed by atoms with van der Waals surface area (Å²) >= 11 is 3.47. The highest BCUT2D eigenvalue weighted by molar-refractivity contribution is 9.10. The Balaban J connectivity index is 1.90. The summed E-state index contributed by atoms with van der Waals surface area (Å²) in [6.07, 6.45) is 0. The normalized spacial score (nSPS) is 18.1. The molecule has 3 nitrogen and oxygen atoms in total. The number of hydrogen-bond donors (Lipinski definition) is 1. The van der Waals surface area contributed by atoms with Crippen LogP contribution in [0.4, 0.5) is 0 Å². The fourth-order valence-corrected chi connectivity index (χ4v) is 2.65. The van der Waals surface area contributed by atoms with Crippen LogP contribution >= 0.6 is 15.9 Å². The van der Waals surface area contributed by atoms with E-state index in [-0.39, 0.29) is 12.0 Å². The van der Waals surface area contributed by atoms with Gasteiger partial charge in [-0.3, -0.25) is 0 Å². The molecule has 0 bridgehead atoms. The quantitative estimate of drug-likeness (QED) is 0.901. The van der Waals surface area contributed by atoms with Crippen LogP contribution in [-0.2, 0) is 11.3 Å². The van der Waals surface area contributed by atoms with E-state index < -0.39 is 0 Å². The van der Waals surface area contributed by atoms with E-state index in [1.54, 1.807) is 0 Å². The van der Waals surface area contributed by atoms with Crippen molar-refractivity contribution < 1.29 is 9.84 Å². The Hall–Kier alpha value is -0.420. The van der Waals surface area contributed by atoms with Crippen molar-refractivity contribution in [3.63, 3.8) is 0 Å². The molecular formula is C13H18BrNO2. The van der Waals surface area contributed by atoms with Crippen LogP contribution in [-0.4, -0.2) is 43.4 Å². The number of halogens is 1. The van der Waals surface area contributed by atoms with Crippen LogP contribution < -0.4 is 0 Å². The molecule has 1 aliphatic heterocycles. The molecule has 94 valence electrons. The lowest BCUT2D eigenvalue weighted by Crippen LogP contribution is -2.52. The maximum absolute atomic E-state index is 9.38.